The van der Waals surface area contributed by atoms with Gasteiger partial charge in [0.2, 0.25) is 0 Å². The van der Waals surface area contributed by atoms with Crippen molar-refractivity contribution in [3.8, 4) is 5.75 Å². The van der Waals surface area contributed by atoms with E-state index in [1.807, 2.05) is 42.8 Å². The van der Waals surface area contributed by atoms with Gasteiger partial charge in [0.25, 0.3) is 5.91 Å². The minimum Gasteiger partial charge on any atom is -0.496 e. The summed E-state index contributed by atoms with van der Waals surface area (Å²) in [6, 6.07) is 8.91. The summed E-state index contributed by atoms with van der Waals surface area (Å²) in [7, 11) is 1.69. The lowest BCUT2D eigenvalue weighted by Gasteiger charge is -2.28. The van der Waals surface area contributed by atoms with Gasteiger partial charge in [0.1, 0.15) is 5.75 Å². The molecule has 29 heavy (non-hydrogen) atoms. The fourth-order valence-corrected chi connectivity index (χ4v) is 3.66. The molecule has 1 aliphatic carbocycles. The Balaban J connectivity index is 1.43. The molecule has 0 bridgehead atoms. The number of hydrogen-bond donors (Lipinski definition) is 2. The molecule has 0 spiro atoms. The van der Waals surface area contributed by atoms with Crippen LogP contribution in [-0.4, -0.2) is 46.6 Å². The van der Waals surface area contributed by atoms with Crippen LogP contribution in [0.2, 0.25) is 0 Å². The van der Waals surface area contributed by atoms with Crippen LogP contribution in [0, 0.1) is 0 Å². The van der Waals surface area contributed by atoms with Gasteiger partial charge in [0.15, 0.2) is 5.69 Å². The summed E-state index contributed by atoms with van der Waals surface area (Å²) in [6.45, 7) is 4.69. The second kappa shape index (κ2) is 10.2. The second-order valence-electron chi connectivity index (χ2n) is 7.77. The second-order valence-corrected chi connectivity index (χ2v) is 7.77. The number of amides is 1. The summed E-state index contributed by atoms with van der Waals surface area (Å²) in [5, 5.41) is 14.7. The predicted octanol–water partition coefficient (Wildman–Crippen LogP) is 3.21. The van der Waals surface area contributed by atoms with Crippen molar-refractivity contribution in [2.24, 2.45) is 0 Å². The van der Waals surface area contributed by atoms with E-state index >= 15 is 0 Å². The maximum absolute atomic E-state index is 12.0. The van der Waals surface area contributed by atoms with E-state index in [0.29, 0.717) is 17.8 Å². The molecule has 1 fully saturated rings. The number of methoxy groups -OCH3 is 1. The van der Waals surface area contributed by atoms with Gasteiger partial charge in [-0.3, -0.25) is 4.79 Å². The maximum Gasteiger partial charge on any atom is 0.273 e. The number of nitrogens with one attached hydrogen (secondary N) is 2. The van der Waals surface area contributed by atoms with Crippen LogP contribution in [0.5, 0.6) is 5.75 Å². The number of aromatic nitrogens is 3. The van der Waals surface area contributed by atoms with E-state index in [0.717, 1.165) is 43.5 Å². The Morgan fingerprint density at radius 3 is 2.76 bits per heavy atom. The number of ether oxygens (including phenoxy) is 1. The first-order valence-corrected chi connectivity index (χ1v) is 10.3. The van der Waals surface area contributed by atoms with E-state index in [1.165, 1.54) is 0 Å². The highest BCUT2D eigenvalue weighted by atomic mass is 16.5. The summed E-state index contributed by atoms with van der Waals surface area (Å²) in [5.74, 6) is 0.724. The molecule has 7 nitrogen and oxygen atoms in total. The highest BCUT2D eigenvalue weighted by Gasteiger charge is 2.23. The predicted molar refractivity (Wildman–Crippen MR) is 114 cm³/mol. The Kier molecular flexibility index (Phi) is 7.41. The van der Waals surface area contributed by atoms with Crippen molar-refractivity contribution < 1.29 is 9.53 Å². The number of para-hydroxylation sites is 1. The third kappa shape index (κ3) is 5.90. The van der Waals surface area contributed by atoms with Crippen molar-refractivity contribution >= 4 is 12.0 Å². The van der Waals surface area contributed by atoms with Crippen LogP contribution in [0.4, 0.5) is 0 Å². The molecular formula is C22H31N5O2. The Morgan fingerprint density at radius 2 is 2.03 bits per heavy atom. The lowest BCUT2D eigenvalue weighted by atomic mass is 9.91. The van der Waals surface area contributed by atoms with Crippen molar-refractivity contribution in [1.82, 2.24) is 25.6 Å². The number of benzene rings is 1. The fourth-order valence-electron chi connectivity index (χ4n) is 3.66. The van der Waals surface area contributed by atoms with Gasteiger partial charge < -0.3 is 15.4 Å². The fraction of sp³-hybridized carbons (Fsp3) is 0.500. The van der Waals surface area contributed by atoms with Gasteiger partial charge in [-0.1, -0.05) is 35.6 Å². The number of nitrogens with zero attached hydrogens (tertiary/aromatic N) is 3. The third-order valence-corrected chi connectivity index (χ3v) is 5.19. The van der Waals surface area contributed by atoms with Crippen LogP contribution < -0.4 is 15.4 Å². The molecule has 0 unspecified atom stereocenters. The molecular weight excluding hydrogens is 366 g/mol. The molecule has 1 aromatic carbocycles. The molecule has 1 aliphatic rings. The number of rotatable bonds is 8. The molecule has 2 aromatic rings. The van der Waals surface area contributed by atoms with Gasteiger partial charge in [-0.05, 0) is 45.6 Å². The first kappa shape index (κ1) is 21.0. The topological polar surface area (TPSA) is 81.1 Å². The standard InChI is InChI=1S/C22H31N5O2/c1-16(2)24-22(28)20-15-27(26-25-20)19-12-10-18(11-13-19)23-14-6-8-17-7-4-5-9-21(17)29-3/h4-9,15-16,18-19,23H,10-14H2,1-3H3,(H,24,28)/b8-6+. The highest BCUT2D eigenvalue weighted by molar-refractivity contribution is 5.91. The van der Waals surface area contributed by atoms with Crippen LogP contribution in [0.1, 0.15) is 61.6 Å². The minimum atomic E-state index is -0.163. The number of hydrogen-bond acceptors (Lipinski definition) is 5. The molecule has 1 aromatic heterocycles. The number of carbonyl (C=O) groups excluding carboxylic acids is 1. The Bertz CT molecular complexity index is 822. The van der Waals surface area contributed by atoms with Crippen molar-refractivity contribution in [1.29, 1.82) is 0 Å². The van der Waals surface area contributed by atoms with Gasteiger partial charge in [-0.2, -0.15) is 0 Å². The maximum atomic E-state index is 12.0. The largest absolute Gasteiger partial charge is 0.496 e. The Hall–Kier alpha value is -2.67. The molecule has 156 valence electrons. The number of carbonyl (C=O) groups is 1. The van der Waals surface area contributed by atoms with Gasteiger partial charge in [0.05, 0.1) is 19.3 Å². The summed E-state index contributed by atoms with van der Waals surface area (Å²) < 4.78 is 7.23. The summed E-state index contributed by atoms with van der Waals surface area (Å²) in [4.78, 5) is 12.0. The smallest absolute Gasteiger partial charge is 0.273 e. The molecule has 0 saturated heterocycles. The Morgan fingerprint density at radius 1 is 1.28 bits per heavy atom. The van der Waals surface area contributed by atoms with E-state index in [2.05, 4.69) is 33.1 Å². The molecule has 0 atom stereocenters. The van der Waals surface area contributed by atoms with Gasteiger partial charge in [-0.15, -0.1) is 5.10 Å². The van der Waals surface area contributed by atoms with Crippen LogP contribution in [0.25, 0.3) is 6.08 Å². The molecule has 1 saturated carbocycles. The van der Waals surface area contributed by atoms with Crippen LogP contribution in [0.3, 0.4) is 0 Å². The zero-order valence-corrected chi connectivity index (χ0v) is 17.5. The quantitative estimate of drug-likeness (QED) is 0.715. The molecule has 3 rings (SSSR count). The average molecular weight is 398 g/mol. The monoisotopic (exact) mass is 397 g/mol. The van der Waals surface area contributed by atoms with Gasteiger partial charge in [0, 0.05) is 24.2 Å². The molecule has 0 radical (unpaired) electrons. The third-order valence-electron chi connectivity index (χ3n) is 5.19. The SMILES string of the molecule is COc1ccccc1/C=C/CNC1CCC(n2cc(C(=O)NC(C)C)nn2)CC1. The van der Waals surface area contributed by atoms with Crippen LogP contribution in [0.15, 0.2) is 36.5 Å². The molecule has 7 heteroatoms. The lowest BCUT2D eigenvalue weighted by molar-refractivity contribution is 0.0938. The first-order valence-electron chi connectivity index (χ1n) is 10.3. The summed E-state index contributed by atoms with van der Waals surface area (Å²) in [5.41, 5.74) is 1.48. The van der Waals surface area contributed by atoms with Crippen molar-refractivity contribution in [2.45, 2.75) is 57.7 Å². The van der Waals surface area contributed by atoms with E-state index in [1.54, 1.807) is 13.3 Å². The van der Waals surface area contributed by atoms with Gasteiger partial charge in [-0.25, -0.2) is 4.68 Å². The zero-order chi connectivity index (χ0) is 20.6. The summed E-state index contributed by atoms with van der Waals surface area (Å²) >= 11 is 0. The van der Waals surface area contributed by atoms with Crippen molar-refractivity contribution in [3.05, 3.63) is 47.8 Å². The van der Waals surface area contributed by atoms with E-state index in [-0.39, 0.29) is 11.9 Å². The Labute approximate surface area is 172 Å². The zero-order valence-electron chi connectivity index (χ0n) is 17.5. The summed E-state index contributed by atoms with van der Waals surface area (Å²) in [6.07, 6.45) is 10.2. The van der Waals surface area contributed by atoms with E-state index < -0.39 is 0 Å². The van der Waals surface area contributed by atoms with Crippen LogP contribution in [-0.2, 0) is 0 Å². The van der Waals surface area contributed by atoms with Crippen molar-refractivity contribution in [3.63, 3.8) is 0 Å². The highest BCUT2D eigenvalue weighted by Crippen LogP contribution is 2.28. The molecule has 2 N–H and O–H groups in total. The van der Waals surface area contributed by atoms with Gasteiger partial charge >= 0.3 is 0 Å². The molecule has 1 amide bonds. The van der Waals surface area contributed by atoms with E-state index in [9.17, 15) is 4.79 Å². The van der Waals surface area contributed by atoms with Crippen molar-refractivity contribution in [2.75, 3.05) is 13.7 Å². The first-order chi connectivity index (χ1) is 14.1. The lowest BCUT2D eigenvalue weighted by Crippen LogP contribution is -2.34. The molecule has 1 heterocycles. The average Bonchev–Trinajstić information content (AvgIpc) is 3.22. The molecule has 0 aliphatic heterocycles. The normalized spacial score (nSPS) is 19.6. The van der Waals surface area contributed by atoms with Crippen LogP contribution >= 0.6 is 0 Å². The van der Waals surface area contributed by atoms with E-state index in [4.69, 9.17) is 4.74 Å². The minimum absolute atomic E-state index is 0.0891.